The number of hydrogen-bond donors (Lipinski definition) is 2. The van der Waals surface area contributed by atoms with E-state index in [1.165, 1.54) is 18.0 Å². The molecule has 0 atom stereocenters. The highest BCUT2D eigenvalue weighted by Crippen LogP contribution is 2.05. The van der Waals surface area contributed by atoms with Crippen LogP contribution in [0, 0.1) is 6.92 Å². The van der Waals surface area contributed by atoms with Crippen molar-refractivity contribution in [3.05, 3.63) is 41.5 Å². The van der Waals surface area contributed by atoms with Crippen molar-refractivity contribution in [3.8, 4) is 0 Å². The van der Waals surface area contributed by atoms with Crippen LogP contribution < -0.4 is 5.32 Å². The van der Waals surface area contributed by atoms with Gasteiger partial charge in [0.05, 0.1) is 24.2 Å². The Morgan fingerprint density at radius 2 is 2.28 bits per heavy atom. The molecule has 18 heavy (non-hydrogen) atoms. The molecular formula is C12H15N5O. The number of carbonyl (C=O) groups excluding carboxylic acids is 1. The largest absolute Gasteiger partial charge is 0.352 e. The molecule has 0 aromatic carbocycles. The molecule has 1 amide bonds. The molecule has 0 bridgehead atoms. The molecule has 0 radical (unpaired) electrons. The third kappa shape index (κ3) is 3.13. The summed E-state index contributed by atoms with van der Waals surface area (Å²) in [5, 5.41) is 17.0. The Morgan fingerprint density at radius 3 is 2.94 bits per heavy atom. The van der Waals surface area contributed by atoms with E-state index in [2.05, 4.69) is 25.7 Å². The quantitative estimate of drug-likeness (QED) is 0.766. The lowest BCUT2D eigenvalue weighted by atomic mass is 10.1. The summed E-state index contributed by atoms with van der Waals surface area (Å²) in [6.07, 6.45) is 6.56. The number of rotatable bonds is 5. The van der Waals surface area contributed by atoms with E-state index in [1.54, 1.807) is 6.07 Å². The molecule has 6 heteroatoms. The molecule has 2 N–H and O–H groups in total. The van der Waals surface area contributed by atoms with Crippen LogP contribution in [0.4, 0.5) is 0 Å². The van der Waals surface area contributed by atoms with Crippen LogP contribution in [0.1, 0.15) is 28.0 Å². The van der Waals surface area contributed by atoms with Crippen LogP contribution in [0.2, 0.25) is 0 Å². The number of nitrogens with one attached hydrogen (secondary N) is 2. The molecule has 2 aromatic rings. The lowest BCUT2D eigenvalue weighted by Gasteiger charge is -2.04. The summed E-state index contributed by atoms with van der Waals surface area (Å²) in [6, 6.07) is 1.64. The molecule has 0 saturated heterocycles. The van der Waals surface area contributed by atoms with E-state index in [9.17, 15) is 4.79 Å². The van der Waals surface area contributed by atoms with Crippen LogP contribution in [0.5, 0.6) is 0 Å². The van der Waals surface area contributed by atoms with Gasteiger partial charge < -0.3 is 5.32 Å². The molecule has 0 unspecified atom stereocenters. The van der Waals surface area contributed by atoms with Crippen LogP contribution in [0.25, 0.3) is 0 Å². The highest BCUT2D eigenvalue weighted by molar-refractivity contribution is 5.93. The van der Waals surface area contributed by atoms with Gasteiger partial charge in [-0.3, -0.25) is 9.89 Å². The molecule has 2 aromatic heterocycles. The van der Waals surface area contributed by atoms with Crippen LogP contribution in [-0.2, 0) is 6.42 Å². The van der Waals surface area contributed by atoms with Crippen LogP contribution in [0.3, 0.4) is 0 Å². The van der Waals surface area contributed by atoms with E-state index in [1.807, 2.05) is 13.1 Å². The van der Waals surface area contributed by atoms with Gasteiger partial charge in [-0.25, -0.2) is 0 Å². The van der Waals surface area contributed by atoms with E-state index in [0.29, 0.717) is 12.1 Å². The summed E-state index contributed by atoms with van der Waals surface area (Å²) in [4.78, 5) is 11.7. The van der Waals surface area contributed by atoms with Crippen LogP contribution in [-0.4, -0.2) is 32.8 Å². The fourth-order valence-corrected chi connectivity index (χ4v) is 1.64. The van der Waals surface area contributed by atoms with Gasteiger partial charge in [-0.15, -0.1) is 0 Å². The van der Waals surface area contributed by atoms with Gasteiger partial charge >= 0.3 is 0 Å². The number of aromatic nitrogens is 4. The Balaban J connectivity index is 1.73. The summed E-state index contributed by atoms with van der Waals surface area (Å²) in [5.74, 6) is -0.117. The normalized spacial score (nSPS) is 10.3. The number of aryl methyl sites for hydroxylation is 2. The van der Waals surface area contributed by atoms with Crippen molar-refractivity contribution in [1.29, 1.82) is 0 Å². The van der Waals surface area contributed by atoms with Crippen molar-refractivity contribution in [2.24, 2.45) is 0 Å². The van der Waals surface area contributed by atoms with Crippen molar-refractivity contribution >= 4 is 5.91 Å². The van der Waals surface area contributed by atoms with Gasteiger partial charge in [0.1, 0.15) is 0 Å². The molecular weight excluding hydrogens is 230 g/mol. The summed E-state index contributed by atoms with van der Waals surface area (Å²) in [5.41, 5.74) is 2.80. The first-order chi connectivity index (χ1) is 8.77. The number of amides is 1. The van der Waals surface area contributed by atoms with E-state index >= 15 is 0 Å². The lowest BCUT2D eigenvalue weighted by Crippen LogP contribution is -2.24. The van der Waals surface area contributed by atoms with Crippen molar-refractivity contribution in [2.75, 3.05) is 6.54 Å². The number of H-pyrrole nitrogens is 1. The first-order valence-electron chi connectivity index (χ1n) is 5.81. The Labute approximate surface area is 105 Å². The maximum absolute atomic E-state index is 11.7. The first kappa shape index (κ1) is 12.2. The highest BCUT2D eigenvalue weighted by atomic mass is 16.1. The summed E-state index contributed by atoms with van der Waals surface area (Å²) in [7, 11) is 0. The number of aromatic amines is 1. The Hall–Kier alpha value is -2.24. The van der Waals surface area contributed by atoms with Crippen LogP contribution >= 0.6 is 0 Å². The average molecular weight is 245 g/mol. The monoisotopic (exact) mass is 245 g/mol. The number of hydrogen-bond acceptors (Lipinski definition) is 4. The number of nitrogens with zero attached hydrogens (tertiary/aromatic N) is 3. The third-order valence-corrected chi connectivity index (χ3v) is 2.69. The molecule has 6 nitrogen and oxygen atoms in total. The zero-order valence-electron chi connectivity index (χ0n) is 10.2. The molecule has 2 heterocycles. The third-order valence-electron chi connectivity index (χ3n) is 2.69. The molecule has 94 valence electrons. The van der Waals surface area contributed by atoms with Gasteiger partial charge in [0.25, 0.3) is 5.91 Å². The summed E-state index contributed by atoms with van der Waals surface area (Å²) >= 11 is 0. The lowest BCUT2D eigenvalue weighted by molar-refractivity contribution is 0.0952. The van der Waals surface area contributed by atoms with E-state index in [-0.39, 0.29) is 5.91 Å². The predicted octanol–water partition coefficient (Wildman–Crippen LogP) is 0.871. The maximum atomic E-state index is 11.7. The minimum absolute atomic E-state index is 0.117. The second-order valence-corrected chi connectivity index (χ2v) is 4.01. The van der Waals surface area contributed by atoms with Gasteiger partial charge in [0, 0.05) is 12.2 Å². The summed E-state index contributed by atoms with van der Waals surface area (Å²) < 4.78 is 0. The molecule has 0 fully saturated rings. The fourth-order valence-electron chi connectivity index (χ4n) is 1.64. The Morgan fingerprint density at radius 1 is 1.39 bits per heavy atom. The molecule has 0 saturated carbocycles. The summed E-state index contributed by atoms with van der Waals surface area (Å²) in [6.45, 7) is 2.62. The van der Waals surface area contributed by atoms with Gasteiger partial charge in [0.2, 0.25) is 0 Å². The molecule has 0 aliphatic carbocycles. The smallest absolute Gasteiger partial charge is 0.252 e. The van der Waals surface area contributed by atoms with E-state index < -0.39 is 0 Å². The first-order valence-corrected chi connectivity index (χ1v) is 5.81. The van der Waals surface area contributed by atoms with E-state index in [4.69, 9.17) is 0 Å². The predicted molar refractivity (Wildman–Crippen MR) is 66.0 cm³/mol. The van der Waals surface area contributed by atoms with Gasteiger partial charge in [-0.2, -0.15) is 15.3 Å². The second-order valence-electron chi connectivity index (χ2n) is 4.01. The zero-order valence-corrected chi connectivity index (χ0v) is 10.2. The van der Waals surface area contributed by atoms with Crippen molar-refractivity contribution in [1.82, 2.24) is 25.7 Å². The van der Waals surface area contributed by atoms with Crippen molar-refractivity contribution in [3.63, 3.8) is 0 Å². The molecule has 0 aliphatic heterocycles. The second kappa shape index (κ2) is 5.90. The minimum Gasteiger partial charge on any atom is -0.352 e. The maximum Gasteiger partial charge on any atom is 0.252 e. The Bertz CT molecular complexity index is 508. The molecule has 2 rings (SSSR count). The number of carbonyl (C=O) groups is 1. The van der Waals surface area contributed by atoms with Gasteiger partial charge in [0.15, 0.2) is 0 Å². The molecule has 0 aliphatic rings. The van der Waals surface area contributed by atoms with Crippen LogP contribution in [0.15, 0.2) is 24.7 Å². The van der Waals surface area contributed by atoms with Crippen molar-refractivity contribution in [2.45, 2.75) is 19.8 Å². The Kier molecular flexibility index (Phi) is 4.01. The van der Waals surface area contributed by atoms with Crippen molar-refractivity contribution < 1.29 is 4.79 Å². The average Bonchev–Trinajstić information content (AvgIpc) is 2.81. The van der Waals surface area contributed by atoms with Gasteiger partial charge in [-0.05, 0) is 31.4 Å². The SMILES string of the molecule is Cc1[nH]ncc1CCCNC(=O)c1ccnnc1. The van der Waals surface area contributed by atoms with Gasteiger partial charge in [-0.1, -0.05) is 0 Å². The molecule has 0 spiro atoms. The fraction of sp³-hybridized carbons (Fsp3) is 0.333. The standard InChI is InChI=1S/C12H15N5O/c1-9-10(7-16-17-9)3-2-5-13-12(18)11-4-6-14-15-8-11/h4,6-8H,2-3,5H2,1H3,(H,13,18)(H,16,17). The minimum atomic E-state index is -0.117. The highest BCUT2D eigenvalue weighted by Gasteiger charge is 2.05. The van der Waals surface area contributed by atoms with E-state index in [0.717, 1.165) is 18.5 Å². The zero-order chi connectivity index (χ0) is 12.8. The topological polar surface area (TPSA) is 83.6 Å².